The molecule has 1 saturated heterocycles. The van der Waals surface area contributed by atoms with E-state index in [9.17, 15) is 13.2 Å². The summed E-state index contributed by atoms with van der Waals surface area (Å²) in [5.74, 6) is 2.42. The van der Waals surface area contributed by atoms with Gasteiger partial charge in [-0.05, 0) is 86.8 Å². The van der Waals surface area contributed by atoms with Gasteiger partial charge in [-0.2, -0.15) is 4.31 Å². The molecule has 170 valence electrons. The SMILES string of the molecule is O=C(NCC1CCN(S(=O)(=O)c2ccc(Cl)cc2Cl)C1)NC12CC3CC(CC(C3)C1)C2. The minimum atomic E-state index is -3.68. The Hall–Kier alpha value is -1.02. The third kappa shape index (κ3) is 4.31. The van der Waals surface area contributed by atoms with Gasteiger partial charge in [-0.25, -0.2) is 13.2 Å². The van der Waals surface area contributed by atoms with Crippen LogP contribution in [0.5, 0.6) is 0 Å². The van der Waals surface area contributed by atoms with E-state index in [1.807, 2.05) is 0 Å². The summed E-state index contributed by atoms with van der Waals surface area (Å²) in [5, 5.41) is 6.86. The third-order valence-electron chi connectivity index (χ3n) is 7.73. The number of carbonyl (C=O) groups is 1. The van der Waals surface area contributed by atoms with E-state index in [0.29, 0.717) is 31.1 Å². The molecule has 4 aliphatic carbocycles. The second-order valence-electron chi connectivity index (χ2n) is 10.1. The lowest BCUT2D eigenvalue weighted by atomic mass is 9.53. The summed E-state index contributed by atoms with van der Waals surface area (Å²) in [6, 6.07) is 4.32. The highest BCUT2D eigenvalue weighted by Crippen LogP contribution is 2.55. The maximum atomic E-state index is 13.0. The Morgan fingerprint density at radius 1 is 1.10 bits per heavy atom. The van der Waals surface area contributed by atoms with Crippen molar-refractivity contribution in [2.24, 2.45) is 23.7 Å². The van der Waals surface area contributed by atoms with Crippen molar-refractivity contribution in [2.75, 3.05) is 19.6 Å². The number of sulfonamides is 1. The normalized spacial score (nSPS) is 34.8. The van der Waals surface area contributed by atoms with E-state index < -0.39 is 10.0 Å². The number of benzene rings is 1. The average molecular weight is 486 g/mol. The molecule has 1 aromatic rings. The quantitative estimate of drug-likeness (QED) is 0.653. The van der Waals surface area contributed by atoms with Crippen LogP contribution >= 0.6 is 23.2 Å². The molecule has 5 fully saturated rings. The molecule has 9 heteroatoms. The molecular formula is C22H29Cl2N3O3S. The molecule has 6 rings (SSSR count). The van der Waals surface area contributed by atoms with Gasteiger partial charge in [0.25, 0.3) is 0 Å². The number of hydrogen-bond acceptors (Lipinski definition) is 3. The zero-order chi connectivity index (χ0) is 21.8. The molecule has 2 N–H and O–H groups in total. The van der Waals surface area contributed by atoms with Gasteiger partial charge in [-0.15, -0.1) is 0 Å². The number of halogens is 2. The zero-order valence-electron chi connectivity index (χ0n) is 17.4. The second kappa shape index (κ2) is 8.08. The fraction of sp³-hybridized carbons (Fsp3) is 0.682. The Kier molecular flexibility index (Phi) is 5.69. The van der Waals surface area contributed by atoms with Crippen molar-refractivity contribution in [3.8, 4) is 0 Å². The average Bonchev–Trinajstić information content (AvgIpc) is 3.14. The Balaban J connectivity index is 1.15. The summed E-state index contributed by atoms with van der Waals surface area (Å²) in [5.41, 5.74) is -0.0186. The number of nitrogens with zero attached hydrogens (tertiary/aromatic N) is 1. The summed E-state index contributed by atoms with van der Waals surface area (Å²) < 4.78 is 27.4. The molecule has 5 aliphatic rings. The molecule has 1 unspecified atom stereocenters. The fourth-order valence-electron chi connectivity index (χ4n) is 6.79. The van der Waals surface area contributed by atoms with Crippen molar-refractivity contribution in [2.45, 2.75) is 55.4 Å². The minimum absolute atomic E-state index is 0.0186. The molecule has 0 spiro atoms. The third-order valence-corrected chi connectivity index (χ3v) is 10.3. The van der Waals surface area contributed by atoms with Gasteiger partial charge in [0.1, 0.15) is 4.90 Å². The van der Waals surface area contributed by atoms with Gasteiger partial charge >= 0.3 is 6.03 Å². The number of urea groups is 1. The largest absolute Gasteiger partial charge is 0.338 e. The van der Waals surface area contributed by atoms with Crippen LogP contribution in [-0.2, 0) is 10.0 Å². The van der Waals surface area contributed by atoms with Gasteiger partial charge in [0.2, 0.25) is 10.0 Å². The first-order valence-electron chi connectivity index (χ1n) is 11.2. The van der Waals surface area contributed by atoms with Crippen LogP contribution in [0, 0.1) is 23.7 Å². The fourth-order valence-corrected chi connectivity index (χ4v) is 9.07. The molecule has 1 atom stereocenters. The van der Waals surface area contributed by atoms with Crippen LogP contribution in [-0.4, -0.2) is 43.9 Å². The van der Waals surface area contributed by atoms with Gasteiger partial charge in [-0.1, -0.05) is 23.2 Å². The van der Waals surface area contributed by atoms with Crippen LogP contribution in [0.25, 0.3) is 0 Å². The molecule has 4 bridgehead atoms. The molecular weight excluding hydrogens is 457 g/mol. The minimum Gasteiger partial charge on any atom is -0.338 e. The van der Waals surface area contributed by atoms with E-state index in [1.54, 1.807) is 0 Å². The van der Waals surface area contributed by atoms with Crippen molar-refractivity contribution in [1.29, 1.82) is 0 Å². The predicted molar refractivity (Wildman–Crippen MR) is 121 cm³/mol. The standard InChI is InChI=1S/C22H29Cl2N3O3S/c23-18-1-2-20(19(24)8-18)31(29,30)27-4-3-14(13-27)12-25-21(28)26-22-9-15-5-16(10-22)7-17(6-15)11-22/h1-2,8,14-17H,3-7,9-13H2,(H2,25,26,28). The summed E-state index contributed by atoms with van der Waals surface area (Å²) in [4.78, 5) is 12.8. The Morgan fingerprint density at radius 2 is 1.74 bits per heavy atom. The Labute approximate surface area is 194 Å². The second-order valence-corrected chi connectivity index (χ2v) is 12.9. The lowest BCUT2D eigenvalue weighted by Crippen LogP contribution is -2.61. The predicted octanol–water partition coefficient (Wildman–Crippen LogP) is 4.27. The Bertz CT molecular complexity index is 949. The van der Waals surface area contributed by atoms with Crippen molar-refractivity contribution in [3.63, 3.8) is 0 Å². The van der Waals surface area contributed by atoms with Gasteiger partial charge in [0, 0.05) is 30.2 Å². The van der Waals surface area contributed by atoms with Crippen LogP contribution in [0.2, 0.25) is 10.0 Å². The highest BCUT2D eigenvalue weighted by Gasteiger charge is 2.51. The van der Waals surface area contributed by atoms with Crippen molar-refractivity contribution < 1.29 is 13.2 Å². The number of amides is 2. The van der Waals surface area contributed by atoms with Crippen LogP contribution < -0.4 is 10.6 Å². The van der Waals surface area contributed by atoms with Crippen LogP contribution in [0.4, 0.5) is 4.79 Å². The van der Waals surface area contributed by atoms with Crippen molar-refractivity contribution in [3.05, 3.63) is 28.2 Å². The zero-order valence-corrected chi connectivity index (χ0v) is 19.8. The van der Waals surface area contributed by atoms with E-state index >= 15 is 0 Å². The first kappa shape index (κ1) is 21.8. The maximum absolute atomic E-state index is 13.0. The topological polar surface area (TPSA) is 78.5 Å². The van der Waals surface area contributed by atoms with Crippen molar-refractivity contribution in [1.82, 2.24) is 14.9 Å². The molecule has 6 nitrogen and oxygen atoms in total. The van der Waals surface area contributed by atoms with Crippen molar-refractivity contribution >= 4 is 39.3 Å². The van der Waals surface area contributed by atoms with E-state index in [4.69, 9.17) is 23.2 Å². The van der Waals surface area contributed by atoms with Gasteiger partial charge in [0.05, 0.1) is 5.02 Å². The highest BCUT2D eigenvalue weighted by molar-refractivity contribution is 7.89. The molecule has 31 heavy (non-hydrogen) atoms. The van der Waals surface area contributed by atoms with Gasteiger partial charge in [-0.3, -0.25) is 0 Å². The summed E-state index contributed by atoms with van der Waals surface area (Å²) >= 11 is 12.0. The molecule has 2 amide bonds. The number of hydrogen-bond donors (Lipinski definition) is 2. The van der Waals surface area contributed by atoms with Crippen LogP contribution in [0.15, 0.2) is 23.1 Å². The maximum Gasteiger partial charge on any atom is 0.315 e. The Morgan fingerprint density at radius 3 is 2.35 bits per heavy atom. The molecule has 1 aromatic carbocycles. The summed E-state index contributed by atoms with van der Waals surface area (Å²) in [7, 11) is -3.68. The number of carbonyl (C=O) groups excluding carboxylic acids is 1. The monoisotopic (exact) mass is 485 g/mol. The summed E-state index contributed by atoms with van der Waals surface area (Å²) in [6.45, 7) is 1.27. The molecule has 1 heterocycles. The van der Waals surface area contributed by atoms with E-state index in [0.717, 1.165) is 37.0 Å². The molecule has 4 saturated carbocycles. The highest BCUT2D eigenvalue weighted by atomic mass is 35.5. The molecule has 1 aliphatic heterocycles. The van der Waals surface area contributed by atoms with Gasteiger partial charge < -0.3 is 10.6 Å². The van der Waals surface area contributed by atoms with Crippen LogP contribution in [0.3, 0.4) is 0 Å². The number of nitrogens with one attached hydrogen (secondary N) is 2. The first-order valence-corrected chi connectivity index (χ1v) is 13.4. The van der Waals surface area contributed by atoms with Crippen LogP contribution in [0.1, 0.15) is 44.9 Å². The van der Waals surface area contributed by atoms with E-state index in [2.05, 4.69) is 10.6 Å². The lowest BCUT2D eigenvalue weighted by Gasteiger charge is -2.56. The summed E-state index contributed by atoms with van der Waals surface area (Å²) in [6.07, 6.45) is 8.07. The molecule has 0 radical (unpaired) electrons. The first-order chi connectivity index (χ1) is 14.7. The number of rotatable bonds is 5. The molecule has 0 aromatic heterocycles. The van der Waals surface area contributed by atoms with E-state index in [1.165, 1.54) is 41.8 Å². The van der Waals surface area contributed by atoms with E-state index in [-0.39, 0.29) is 27.4 Å². The van der Waals surface area contributed by atoms with Gasteiger partial charge in [0.15, 0.2) is 0 Å². The smallest absolute Gasteiger partial charge is 0.315 e. The lowest BCUT2D eigenvalue weighted by molar-refractivity contribution is -0.0135.